The number of nitrogens with zero attached hydrogens (tertiary/aromatic N) is 3. The molecule has 0 atom stereocenters. The number of aromatic nitrogens is 2. The number of ether oxygens (including phenoxy) is 1. The van der Waals surface area contributed by atoms with Crippen molar-refractivity contribution in [3.63, 3.8) is 0 Å². The number of methoxy groups -OCH3 is 1. The van der Waals surface area contributed by atoms with Crippen LogP contribution in [0.2, 0.25) is 0 Å². The number of amides is 1. The summed E-state index contributed by atoms with van der Waals surface area (Å²) in [7, 11) is 1.37. The molecule has 1 amide bonds. The van der Waals surface area contributed by atoms with Crippen LogP contribution in [0.3, 0.4) is 0 Å². The second-order valence-corrected chi connectivity index (χ2v) is 5.90. The fraction of sp³-hybridized carbons (Fsp3) is 0.211. The Morgan fingerprint density at radius 3 is 2.81 bits per heavy atom. The summed E-state index contributed by atoms with van der Waals surface area (Å²) in [5, 5.41) is 23.2. The Labute approximate surface area is 155 Å². The van der Waals surface area contributed by atoms with E-state index in [0.29, 0.717) is 11.1 Å². The van der Waals surface area contributed by atoms with Crippen molar-refractivity contribution in [3.8, 4) is 17.2 Å². The summed E-state index contributed by atoms with van der Waals surface area (Å²) in [6, 6.07) is 8.08. The molecule has 0 aliphatic heterocycles. The third-order valence-corrected chi connectivity index (χ3v) is 4.19. The summed E-state index contributed by atoms with van der Waals surface area (Å²) in [4.78, 5) is 16.8. The van der Waals surface area contributed by atoms with Crippen LogP contribution in [-0.4, -0.2) is 39.0 Å². The Morgan fingerprint density at radius 1 is 1.33 bits per heavy atom. The van der Waals surface area contributed by atoms with E-state index in [1.807, 2.05) is 19.9 Å². The molecule has 1 heterocycles. The number of carbonyl (C=O) groups is 1. The minimum atomic E-state index is -0.383. The van der Waals surface area contributed by atoms with Gasteiger partial charge in [-0.25, -0.2) is 10.4 Å². The molecule has 8 heteroatoms. The van der Waals surface area contributed by atoms with Crippen LogP contribution in [-0.2, 0) is 6.54 Å². The topological polar surface area (TPSA) is 109 Å². The highest BCUT2D eigenvalue weighted by molar-refractivity contribution is 5.98. The second-order valence-electron chi connectivity index (χ2n) is 5.90. The fourth-order valence-corrected chi connectivity index (χ4v) is 2.86. The van der Waals surface area contributed by atoms with Crippen molar-refractivity contribution >= 4 is 23.2 Å². The first-order valence-electron chi connectivity index (χ1n) is 8.34. The maximum Gasteiger partial charge on any atom is 0.271 e. The lowest BCUT2D eigenvalue weighted by Gasteiger charge is -2.06. The van der Waals surface area contributed by atoms with Gasteiger partial charge in [-0.2, -0.15) is 5.10 Å². The van der Waals surface area contributed by atoms with Gasteiger partial charge in [0.2, 0.25) is 5.75 Å². The first-order valence-corrected chi connectivity index (χ1v) is 8.34. The van der Waals surface area contributed by atoms with Gasteiger partial charge >= 0.3 is 0 Å². The van der Waals surface area contributed by atoms with Crippen LogP contribution in [0.4, 0.5) is 0 Å². The number of imidazole rings is 1. The fourth-order valence-electron chi connectivity index (χ4n) is 2.86. The lowest BCUT2D eigenvalue weighted by molar-refractivity contribution is 0.0955. The Kier molecular flexibility index (Phi) is 4.98. The molecule has 0 spiro atoms. The molecule has 27 heavy (non-hydrogen) atoms. The number of carbonyl (C=O) groups excluding carboxylic acids is 1. The van der Waals surface area contributed by atoms with E-state index in [-0.39, 0.29) is 23.2 Å². The molecule has 3 rings (SSSR count). The van der Waals surface area contributed by atoms with Crippen LogP contribution in [0.15, 0.2) is 35.4 Å². The van der Waals surface area contributed by atoms with Crippen molar-refractivity contribution < 1.29 is 19.7 Å². The van der Waals surface area contributed by atoms with Crippen molar-refractivity contribution in [2.45, 2.75) is 20.4 Å². The van der Waals surface area contributed by atoms with Gasteiger partial charge in [0.25, 0.3) is 5.91 Å². The highest BCUT2D eigenvalue weighted by Crippen LogP contribution is 2.35. The van der Waals surface area contributed by atoms with Crippen LogP contribution in [0.5, 0.6) is 17.2 Å². The van der Waals surface area contributed by atoms with Crippen LogP contribution < -0.4 is 10.2 Å². The van der Waals surface area contributed by atoms with Gasteiger partial charge in [0.05, 0.1) is 24.4 Å². The molecule has 0 saturated heterocycles. The summed E-state index contributed by atoms with van der Waals surface area (Å²) in [5.74, 6) is -0.0747. The van der Waals surface area contributed by atoms with E-state index in [0.717, 1.165) is 23.4 Å². The summed E-state index contributed by atoms with van der Waals surface area (Å²) < 4.78 is 7.03. The van der Waals surface area contributed by atoms with Crippen molar-refractivity contribution in [2.75, 3.05) is 7.11 Å². The maximum atomic E-state index is 12.3. The average molecular weight is 368 g/mol. The molecular weight excluding hydrogens is 348 g/mol. The number of aryl methyl sites for hydroxylation is 2. The normalized spacial score (nSPS) is 11.2. The number of fused-ring (bicyclic) bond motifs is 1. The van der Waals surface area contributed by atoms with Crippen LogP contribution >= 0.6 is 0 Å². The molecule has 0 unspecified atom stereocenters. The van der Waals surface area contributed by atoms with Crippen LogP contribution in [0, 0.1) is 6.92 Å². The summed E-state index contributed by atoms with van der Waals surface area (Å²) in [6.07, 6.45) is 1.34. The summed E-state index contributed by atoms with van der Waals surface area (Å²) >= 11 is 0. The standard InChI is InChI=1S/C19H20N4O4/c1-4-23-11(2)21-14-9-13(5-6-15(14)23)19(26)22-20-10-12-7-16(24)18(25)17(8-12)27-3/h5-10,24-25H,4H2,1-3H3,(H,22,26)/b20-10+. The Bertz CT molecular complexity index is 1040. The monoisotopic (exact) mass is 368 g/mol. The number of phenolic OH excluding ortho intramolecular Hbond substituents is 2. The summed E-state index contributed by atoms with van der Waals surface area (Å²) in [5.41, 5.74) is 5.04. The molecule has 0 fully saturated rings. The number of nitrogens with one attached hydrogen (secondary N) is 1. The smallest absolute Gasteiger partial charge is 0.271 e. The van der Waals surface area contributed by atoms with Gasteiger partial charge in [-0.05, 0) is 44.2 Å². The predicted molar refractivity (Wildman–Crippen MR) is 102 cm³/mol. The van der Waals surface area contributed by atoms with Crippen LogP contribution in [0.1, 0.15) is 28.7 Å². The van der Waals surface area contributed by atoms with Crippen molar-refractivity contribution in [3.05, 3.63) is 47.3 Å². The molecule has 8 nitrogen and oxygen atoms in total. The highest BCUT2D eigenvalue weighted by Gasteiger charge is 2.11. The van der Waals surface area contributed by atoms with Crippen LogP contribution in [0.25, 0.3) is 11.0 Å². The van der Waals surface area contributed by atoms with Gasteiger partial charge in [0.1, 0.15) is 5.82 Å². The van der Waals surface area contributed by atoms with Crippen molar-refractivity contribution in [2.24, 2.45) is 5.10 Å². The SMILES string of the molecule is CCn1c(C)nc2cc(C(=O)N/N=C/c3cc(O)c(O)c(OC)c3)ccc21. The van der Waals surface area contributed by atoms with Gasteiger partial charge in [0.15, 0.2) is 11.5 Å². The van der Waals surface area contributed by atoms with E-state index in [1.54, 1.807) is 12.1 Å². The minimum Gasteiger partial charge on any atom is -0.504 e. The van der Waals surface area contributed by atoms with E-state index in [4.69, 9.17) is 4.74 Å². The van der Waals surface area contributed by atoms with Gasteiger partial charge in [-0.1, -0.05) is 0 Å². The second kappa shape index (κ2) is 7.36. The zero-order chi connectivity index (χ0) is 19.6. The lowest BCUT2D eigenvalue weighted by atomic mass is 10.2. The maximum absolute atomic E-state index is 12.3. The number of hydrogen-bond donors (Lipinski definition) is 3. The van der Waals surface area contributed by atoms with E-state index >= 15 is 0 Å². The zero-order valence-corrected chi connectivity index (χ0v) is 15.2. The number of benzene rings is 2. The van der Waals surface area contributed by atoms with E-state index < -0.39 is 0 Å². The van der Waals surface area contributed by atoms with E-state index in [9.17, 15) is 15.0 Å². The average Bonchev–Trinajstić information content (AvgIpc) is 2.98. The molecular formula is C19H20N4O4. The molecule has 0 bridgehead atoms. The lowest BCUT2D eigenvalue weighted by Crippen LogP contribution is -2.17. The van der Waals surface area contributed by atoms with Gasteiger partial charge in [0, 0.05) is 17.7 Å². The van der Waals surface area contributed by atoms with E-state index in [1.165, 1.54) is 25.5 Å². The van der Waals surface area contributed by atoms with Gasteiger partial charge in [-0.3, -0.25) is 4.79 Å². The third kappa shape index (κ3) is 3.55. The Balaban J connectivity index is 1.77. The molecule has 0 aliphatic rings. The molecule has 3 N–H and O–H groups in total. The first kappa shape index (κ1) is 18.2. The molecule has 3 aromatic rings. The first-order chi connectivity index (χ1) is 12.9. The molecule has 0 saturated carbocycles. The molecule has 140 valence electrons. The highest BCUT2D eigenvalue weighted by atomic mass is 16.5. The number of hydrazone groups is 1. The Morgan fingerprint density at radius 2 is 2.11 bits per heavy atom. The number of aromatic hydroxyl groups is 2. The minimum absolute atomic E-state index is 0.107. The number of hydrogen-bond acceptors (Lipinski definition) is 6. The third-order valence-electron chi connectivity index (χ3n) is 4.19. The van der Waals surface area contributed by atoms with Crippen molar-refractivity contribution in [1.29, 1.82) is 0 Å². The quantitative estimate of drug-likeness (QED) is 0.364. The molecule has 1 aromatic heterocycles. The molecule has 2 aromatic carbocycles. The predicted octanol–water partition coefficient (Wildman–Crippen LogP) is 2.55. The van der Waals surface area contributed by atoms with Crippen molar-refractivity contribution in [1.82, 2.24) is 15.0 Å². The zero-order valence-electron chi connectivity index (χ0n) is 15.2. The number of phenols is 2. The molecule has 0 aliphatic carbocycles. The number of rotatable bonds is 5. The molecule has 0 radical (unpaired) electrons. The largest absolute Gasteiger partial charge is 0.504 e. The van der Waals surface area contributed by atoms with E-state index in [2.05, 4.69) is 20.1 Å². The Hall–Kier alpha value is -3.55. The van der Waals surface area contributed by atoms with Gasteiger partial charge in [-0.15, -0.1) is 0 Å². The summed E-state index contributed by atoms with van der Waals surface area (Å²) in [6.45, 7) is 4.77. The van der Waals surface area contributed by atoms with Gasteiger partial charge < -0.3 is 19.5 Å².